The Morgan fingerprint density at radius 1 is 1.25 bits per heavy atom. The Bertz CT molecular complexity index is 757. The fourth-order valence-electron chi connectivity index (χ4n) is 1.94. The number of nitrogens with zero attached hydrogens (tertiary/aromatic N) is 2. The first-order valence-electron chi connectivity index (χ1n) is 6.09. The van der Waals surface area contributed by atoms with Gasteiger partial charge in [0, 0.05) is 6.54 Å². The number of benzene rings is 1. The van der Waals surface area contributed by atoms with Crippen molar-refractivity contribution >= 4 is 27.0 Å². The van der Waals surface area contributed by atoms with Crippen molar-refractivity contribution in [2.75, 3.05) is 10.8 Å². The van der Waals surface area contributed by atoms with Crippen molar-refractivity contribution in [1.29, 1.82) is 5.26 Å². The molecule has 0 aliphatic carbocycles. The monoisotopic (exact) mass is 306 g/mol. The molecule has 4 nitrogen and oxygen atoms in total. The number of para-hydroxylation sites is 1. The molecule has 2 rings (SSSR count). The largest absolute Gasteiger partial charge is 0.273 e. The number of rotatable bonds is 4. The molecule has 0 saturated heterocycles. The molecule has 0 radical (unpaired) electrons. The van der Waals surface area contributed by atoms with Gasteiger partial charge >= 0.3 is 0 Å². The van der Waals surface area contributed by atoms with Crippen LogP contribution in [0.3, 0.4) is 0 Å². The second-order valence-corrected chi connectivity index (χ2v) is 7.36. The zero-order valence-corrected chi connectivity index (χ0v) is 12.8. The van der Waals surface area contributed by atoms with E-state index in [0.29, 0.717) is 17.1 Å². The number of thiophene rings is 1. The van der Waals surface area contributed by atoms with E-state index in [4.69, 9.17) is 5.26 Å². The van der Waals surface area contributed by atoms with Crippen molar-refractivity contribution < 1.29 is 8.42 Å². The molecule has 0 atom stereocenters. The molecule has 0 fully saturated rings. The van der Waals surface area contributed by atoms with E-state index in [1.165, 1.54) is 16.4 Å². The fourth-order valence-corrected chi connectivity index (χ4v) is 4.70. The van der Waals surface area contributed by atoms with Crippen molar-refractivity contribution in [3.8, 4) is 6.07 Å². The molecule has 0 spiro atoms. The third kappa shape index (κ3) is 2.55. The van der Waals surface area contributed by atoms with Crippen LogP contribution in [0.15, 0.2) is 40.6 Å². The number of hydrogen-bond acceptors (Lipinski definition) is 4. The number of hydrogen-bond donors (Lipinski definition) is 0. The molecular formula is C14H14N2O2S2. The fraction of sp³-hybridized carbons (Fsp3) is 0.214. The van der Waals surface area contributed by atoms with Gasteiger partial charge in [-0.15, -0.1) is 11.3 Å². The molecular weight excluding hydrogens is 292 g/mol. The van der Waals surface area contributed by atoms with Gasteiger partial charge in [-0.1, -0.05) is 18.2 Å². The summed E-state index contributed by atoms with van der Waals surface area (Å²) in [5.74, 6) is 0. The third-order valence-electron chi connectivity index (χ3n) is 2.91. The smallest absolute Gasteiger partial charge is 0.266 e. The van der Waals surface area contributed by atoms with E-state index >= 15 is 0 Å². The SMILES string of the molecule is CCN(c1ccccc1C)S(=O)(=O)c1ccc(C#N)s1. The van der Waals surface area contributed by atoms with Gasteiger partial charge in [0.2, 0.25) is 0 Å². The van der Waals surface area contributed by atoms with Crippen LogP contribution in [0.2, 0.25) is 0 Å². The average Bonchev–Trinajstić information content (AvgIpc) is 2.91. The molecule has 0 saturated carbocycles. The van der Waals surface area contributed by atoms with Crippen LogP contribution in [0.5, 0.6) is 0 Å². The maximum absolute atomic E-state index is 12.7. The van der Waals surface area contributed by atoms with E-state index in [0.717, 1.165) is 16.9 Å². The van der Waals surface area contributed by atoms with E-state index in [1.807, 2.05) is 31.2 Å². The van der Waals surface area contributed by atoms with Crippen molar-refractivity contribution in [2.24, 2.45) is 0 Å². The minimum Gasteiger partial charge on any atom is -0.266 e. The molecule has 1 aromatic heterocycles. The summed E-state index contributed by atoms with van der Waals surface area (Å²) in [6.45, 7) is 4.01. The highest BCUT2D eigenvalue weighted by atomic mass is 32.2. The third-order valence-corrected chi connectivity index (χ3v) is 6.25. The van der Waals surface area contributed by atoms with Crippen LogP contribution in [0.1, 0.15) is 17.4 Å². The van der Waals surface area contributed by atoms with Gasteiger partial charge in [-0.05, 0) is 37.6 Å². The zero-order chi connectivity index (χ0) is 14.8. The lowest BCUT2D eigenvalue weighted by atomic mass is 10.2. The molecule has 2 aromatic rings. The van der Waals surface area contributed by atoms with E-state index in [2.05, 4.69) is 0 Å². The highest BCUT2D eigenvalue weighted by Gasteiger charge is 2.26. The Balaban J connectivity index is 2.51. The molecule has 20 heavy (non-hydrogen) atoms. The lowest BCUT2D eigenvalue weighted by Crippen LogP contribution is -2.30. The Morgan fingerprint density at radius 3 is 2.50 bits per heavy atom. The summed E-state index contributed by atoms with van der Waals surface area (Å²) in [4.78, 5) is 0.393. The molecule has 6 heteroatoms. The van der Waals surface area contributed by atoms with Gasteiger partial charge in [0.15, 0.2) is 0 Å². The molecule has 0 unspecified atom stereocenters. The molecule has 0 N–H and O–H groups in total. The van der Waals surface area contributed by atoms with Crippen molar-refractivity contribution in [2.45, 2.75) is 18.1 Å². The maximum Gasteiger partial charge on any atom is 0.273 e. The van der Waals surface area contributed by atoms with Gasteiger partial charge in [-0.2, -0.15) is 5.26 Å². The predicted molar refractivity (Wildman–Crippen MR) is 80.4 cm³/mol. The van der Waals surface area contributed by atoms with Gasteiger partial charge in [0.1, 0.15) is 15.2 Å². The summed E-state index contributed by atoms with van der Waals surface area (Å²) in [6, 6.07) is 12.3. The molecule has 0 bridgehead atoms. The molecule has 1 aromatic carbocycles. The second-order valence-electron chi connectivity index (χ2n) is 4.19. The molecule has 1 heterocycles. The van der Waals surface area contributed by atoms with Crippen molar-refractivity contribution in [3.63, 3.8) is 0 Å². The predicted octanol–water partition coefficient (Wildman–Crippen LogP) is 3.14. The first kappa shape index (κ1) is 14.6. The van der Waals surface area contributed by atoms with Crippen LogP contribution in [0.25, 0.3) is 0 Å². The minimum atomic E-state index is -3.62. The standard InChI is InChI=1S/C14H14N2O2S2/c1-3-16(13-7-5-4-6-11(13)2)20(17,18)14-9-8-12(10-15)19-14/h4-9H,3H2,1-2H3. The molecule has 104 valence electrons. The summed E-state index contributed by atoms with van der Waals surface area (Å²) >= 11 is 0.993. The van der Waals surface area contributed by atoms with E-state index in [1.54, 1.807) is 13.0 Å². The van der Waals surface area contributed by atoms with Crippen LogP contribution in [-0.4, -0.2) is 15.0 Å². The molecule has 0 aliphatic rings. The van der Waals surface area contributed by atoms with Gasteiger partial charge in [0.05, 0.1) is 5.69 Å². The topological polar surface area (TPSA) is 61.2 Å². The Labute approximate surface area is 123 Å². The van der Waals surface area contributed by atoms with Crippen LogP contribution in [0.4, 0.5) is 5.69 Å². The highest BCUT2D eigenvalue weighted by molar-refractivity contribution is 7.94. The Hall–Kier alpha value is -1.84. The number of nitriles is 1. The van der Waals surface area contributed by atoms with E-state index < -0.39 is 10.0 Å². The minimum absolute atomic E-state index is 0.194. The quantitative estimate of drug-likeness (QED) is 0.871. The lowest BCUT2D eigenvalue weighted by molar-refractivity contribution is 0.594. The summed E-state index contributed by atoms with van der Waals surface area (Å²) in [5.41, 5.74) is 1.57. The number of sulfonamides is 1. The summed E-state index contributed by atoms with van der Waals surface area (Å²) < 4.78 is 26.9. The molecule has 0 aliphatic heterocycles. The van der Waals surface area contributed by atoms with Crippen molar-refractivity contribution in [3.05, 3.63) is 46.8 Å². The first-order valence-corrected chi connectivity index (χ1v) is 8.34. The van der Waals surface area contributed by atoms with Gasteiger partial charge in [0.25, 0.3) is 10.0 Å². The first-order chi connectivity index (χ1) is 9.50. The normalized spacial score (nSPS) is 11.1. The van der Waals surface area contributed by atoms with Crippen LogP contribution >= 0.6 is 11.3 Å². The Kier molecular flexibility index (Phi) is 4.12. The van der Waals surface area contributed by atoms with Crippen LogP contribution in [-0.2, 0) is 10.0 Å². The van der Waals surface area contributed by atoms with Crippen LogP contribution in [0, 0.1) is 18.3 Å². The van der Waals surface area contributed by atoms with Gasteiger partial charge in [-0.3, -0.25) is 4.31 Å². The highest BCUT2D eigenvalue weighted by Crippen LogP contribution is 2.29. The summed E-state index contributed by atoms with van der Waals surface area (Å²) in [7, 11) is -3.62. The average molecular weight is 306 g/mol. The van der Waals surface area contributed by atoms with Crippen LogP contribution < -0.4 is 4.31 Å². The van der Waals surface area contributed by atoms with Gasteiger partial charge < -0.3 is 0 Å². The molecule has 0 amide bonds. The number of anilines is 1. The Morgan fingerprint density at radius 2 is 1.95 bits per heavy atom. The van der Waals surface area contributed by atoms with Crippen molar-refractivity contribution in [1.82, 2.24) is 0 Å². The number of aryl methyl sites for hydroxylation is 1. The zero-order valence-electron chi connectivity index (χ0n) is 11.2. The lowest BCUT2D eigenvalue weighted by Gasteiger charge is -2.23. The van der Waals surface area contributed by atoms with E-state index in [9.17, 15) is 8.42 Å². The second kappa shape index (κ2) is 5.65. The van der Waals surface area contributed by atoms with E-state index in [-0.39, 0.29) is 4.21 Å². The summed E-state index contributed by atoms with van der Waals surface area (Å²) in [5, 5.41) is 8.83. The maximum atomic E-state index is 12.7. The summed E-state index contributed by atoms with van der Waals surface area (Å²) in [6.07, 6.45) is 0. The van der Waals surface area contributed by atoms with Gasteiger partial charge in [-0.25, -0.2) is 8.42 Å².